The number of nitrogens with zero attached hydrogens (tertiary/aromatic N) is 6. The van der Waals surface area contributed by atoms with Crippen LogP contribution in [0, 0.1) is 0 Å². The van der Waals surface area contributed by atoms with Crippen molar-refractivity contribution in [2.24, 2.45) is 9.98 Å². The van der Waals surface area contributed by atoms with Gasteiger partial charge in [0, 0.05) is 99.8 Å². The molecule has 0 spiro atoms. The number of aromatic nitrogens is 2. The third-order valence-electron chi connectivity index (χ3n) is 14.9. The maximum absolute atomic E-state index is 13.8. The molecular formula is C49H68N10OS2. The van der Waals surface area contributed by atoms with Gasteiger partial charge in [0.05, 0.1) is 58.0 Å². The average molecular weight is 877 g/mol. The molecular weight excluding hydrogens is 809 g/mol. The van der Waals surface area contributed by atoms with Crippen LogP contribution in [0.3, 0.4) is 0 Å². The van der Waals surface area contributed by atoms with Crippen molar-refractivity contribution in [2.75, 3.05) is 87.6 Å². The summed E-state index contributed by atoms with van der Waals surface area (Å²) < 4.78 is 0. The van der Waals surface area contributed by atoms with Gasteiger partial charge < -0.3 is 30.4 Å². The first-order valence-electron chi connectivity index (χ1n) is 24.1. The van der Waals surface area contributed by atoms with Gasteiger partial charge in [0.15, 0.2) is 5.78 Å². The van der Waals surface area contributed by atoms with Crippen LogP contribution in [0.4, 0.5) is 11.4 Å². The van der Waals surface area contributed by atoms with Gasteiger partial charge in [-0.05, 0) is 76.6 Å². The third kappa shape index (κ3) is 9.68. The molecule has 0 radical (unpaired) electrons. The molecule has 4 atom stereocenters. The number of thioether (sulfide) groups is 2. The number of aliphatic imine (C=N–C) groups is 2. The third-order valence-corrected chi connectivity index (χ3v) is 17.2. The van der Waals surface area contributed by atoms with Crippen molar-refractivity contribution in [3.8, 4) is 0 Å². The van der Waals surface area contributed by atoms with Gasteiger partial charge in [-0.3, -0.25) is 24.6 Å². The first kappa shape index (κ1) is 42.6. The summed E-state index contributed by atoms with van der Waals surface area (Å²) in [6.07, 6.45) is 12.6. The molecule has 6 aliphatic rings. The molecule has 0 bridgehead atoms. The number of ketones is 1. The van der Waals surface area contributed by atoms with E-state index in [0.29, 0.717) is 30.0 Å². The number of hydrogen-bond donors (Lipinski definition) is 4. The van der Waals surface area contributed by atoms with Crippen molar-refractivity contribution in [1.29, 1.82) is 0 Å². The topological polar surface area (TPSA) is 110 Å². The number of carbonyl (C=O) groups excluding carboxylic acids is 1. The molecule has 4 aliphatic heterocycles. The average Bonchev–Trinajstić information content (AvgIpc) is 4.16. The van der Waals surface area contributed by atoms with Crippen LogP contribution in [-0.4, -0.2) is 159 Å². The lowest BCUT2D eigenvalue weighted by Gasteiger charge is -2.41. The zero-order valence-electron chi connectivity index (χ0n) is 37.0. The molecule has 11 nitrogen and oxygen atoms in total. The standard InChI is InChI=1S/C49H68N10OS2/c1-33(58-25-21-56(22-26-58)19-17-39-31-61-48(52-39)43-29-35-9-7-15-41(45(35)54-43)50-37-11-3-4-12-37)47(60)34(2)59-27-23-57(24-28-59)20-18-40-32-62-49(53-40)44-30-36-10-8-16-42(46(36)55-44)51-38-13-5-6-14-38/h7-10,15-16,29-30,33-34,37-40,50-51,54-55H,3-6,11-14,17-28,31-32H2,1-2H3/t33?,34?,39-,40-/m0/s1. The number of para-hydroxylation sites is 2. The predicted molar refractivity (Wildman–Crippen MR) is 263 cm³/mol. The Hall–Kier alpha value is -3.33. The fraction of sp³-hybridized carbons (Fsp3) is 0.612. The summed E-state index contributed by atoms with van der Waals surface area (Å²) in [4.78, 5) is 41.7. The van der Waals surface area contributed by atoms with E-state index in [1.807, 2.05) is 23.5 Å². The van der Waals surface area contributed by atoms with Crippen LogP contribution in [0.2, 0.25) is 0 Å². The first-order valence-corrected chi connectivity index (χ1v) is 26.0. The zero-order valence-corrected chi connectivity index (χ0v) is 38.7. The van der Waals surface area contributed by atoms with Crippen molar-refractivity contribution >= 4 is 72.6 Å². The Bertz CT molecular complexity index is 2070. The fourth-order valence-corrected chi connectivity index (χ4v) is 13.1. The van der Waals surface area contributed by atoms with Gasteiger partial charge in [0.2, 0.25) is 0 Å². The Labute approximate surface area is 377 Å². The quantitative estimate of drug-likeness (QED) is 0.0888. The number of nitrogens with one attached hydrogen (secondary N) is 4. The monoisotopic (exact) mass is 877 g/mol. The molecule has 10 rings (SSSR count). The predicted octanol–water partition coefficient (Wildman–Crippen LogP) is 8.14. The summed E-state index contributed by atoms with van der Waals surface area (Å²) in [7, 11) is 0. The van der Waals surface area contributed by atoms with Crippen LogP contribution in [0.1, 0.15) is 89.4 Å². The molecule has 13 heteroatoms. The van der Waals surface area contributed by atoms with E-state index in [2.05, 4.69) is 103 Å². The molecule has 4 aromatic rings. The number of H-pyrrole nitrogens is 2. The van der Waals surface area contributed by atoms with E-state index >= 15 is 0 Å². The fourth-order valence-electron chi connectivity index (χ4n) is 10.9. The molecule has 2 aromatic heterocycles. The zero-order chi connectivity index (χ0) is 42.0. The molecule has 6 heterocycles. The number of anilines is 2. The summed E-state index contributed by atoms with van der Waals surface area (Å²) in [6, 6.07) is 19.5. The number of piperazine rings is 2. The summed E-state index contributed by atoms with van der Waals surface area (Å²) in [5, 5.41) is 12.4. The second-order valence-electron chi connectivity index (χ2n) is 19.0. The smallest absolute Gasteiger partial charge is 0.166 e. The van der Waals surface area contributed by atoms with Gasteiger partial charge in [-0.25, -0.2) is 0 Å². The van der Waals surface area contributed by atoms with E-state index in [4.69, 9.17) is 9.98 Å². The molecule has 2 unspecified atom stereocenters. The number of fused-ring (bicyclic) bond motifs is 2. The van der Waals surface area contributed by atoms with Gasteiger partial charge in [-0.1, -0.05) is 49.9 Å². The van der Waals surface area contributed by atoms with Crippen molar-refractivity contribution in [3.05, 3.63) is 59.9 Å². The second kappa shape index (κ2) is 19.4. The summed E-state index contributed by atoms with van der Waals surface area (Å²) >= 11 is 3.79. The maximum atomic E-state index is 13.8. The van der Waals surface area contributed by atoms with Gasteiger partial charge in [-0.2, -0.15) is 0 Å². The Morgan fingerprint density at radius 3 is 1.48 bits per heavy atom. The molecule has 4 fully saturated rings. The number of benzene rings is 2. The Balaban J connectivity index is 0.635. The number of hydrogen-bond acceptors (Lipinski definition) is 11. The van der Waals surface area contributed by atoms with Crippen LogP contribution in [-0.2, 0) is 4.79 Å². The maximum Gasteiger partial charge on any atom is 0.166 e. The molecule has 0 amide bonds. The van der Waals surface area contributed by atoms with Gasteiger partial charge >= 0.3 is 0 Å². The van der Waals surface area contributed by atoms with Crippen LogP contribution in [0.15, 0.2) is 58.5 Å². The highest BCUT2D eigenvalue weighted by atomic mass is 32.2. The lowest BCUT2D eigenvalue weighted by molar-refractivity contribution is -0.130. The minimum atomic E-state index is -0.0481. The number of rotatable bonds is 16. The molecule has 2 saturated carbocycles. The molecule has 2 saturated heterocycles. The summed E-state index contributed by atoms with van der Waals surface area (Å²) in [5.41, 5.74) is 7.18. The van der Waals surface area contributed by atoms with E-state index in [1.54, 1.807) is 0 Å². The van der Waals surface area contributed by atoms with Gasteiger partial charge in [0.1, 0.15) is 10.1 Å². The van der Waals surface area contributed by atoms with E-state index in [0.717, 1.165) is 111 Å². The van der Waals surface area contributed by atoms with Crippen molar-refractivity contribution in [1.82, 2.24) is 29.6 Å². The summed E-state index contributed by atoms with van der Waals surface area (Å²) in [5.74, 6) is 2.48. The van der Waals surface area contributed by atoms with Gasteiger partial charge in [-0.15, -0.1) is 23.5 Å². The molecule has 4 N–H and O–H groups in total. The number of Topliss-reactive ketones (excluding diaryl/α,β-unsaturated/α-hetero) is 1. The number of aromatic amines is 2. The highest BCUT2D eigenvalue weighted by Gasteiger charge is 2.33. The van der Waals surface area contributed by atoms with Crippen LogP contribution < -0.4 is 10.6 Å². The van der Waals surface area contributed by atoms with Crippen LogP contribution in [0.25, 0.3) is 21.8 Å². The molecule has 2 aromatic carbocycles. The highest BCUT2D eigenvalue weighted by Crippen LogP contribution is 2.34. The van der Waals surface area contributed by atoms with Crippen molar-refractivity contribution in [2.45, 2.75) is 114 Å². The lowest BCUT2D eigenvalue weighted by Crippen LogP contribution is -2.57. The lowest BCUT2D eigenvalue weighted by atomic mass is 10.0. The van der Waals surface area contributed by atoms with Crippen LogP contribution in [0.5, 0.6) is 0 Å². The SMILES string of the molecule is CC(C(=O)C(C)N1CCN(CC[C@H]2CSC(c3cc4cccc(NC5CCCC5)c4[nH]3)=N2)CC1)N1CCN(CC[C@H]2CSC(c3cc4cccc(NC5CCCC5)c4[nH]3)=N2)CC1. The molecule has 332 valence electrons. The van der Waals surface area contributed by atoms with E-state index in [-0.39, 0.29) is 12.1 Å². The molecule has 62 heavy (non-hydrogen) atoms. The minimum Gasteiger partial charge on any atom is -0.381 e. The van der Waals surface area contributed by atoms with Crippen LogP contribution >= 0.6 is 23.5 Å². The van der Waals surface area contributed by atoms with E-state index < -0.39 is 0 Å². The first-order chi connectivity index (χ1) is 30.4. The van der Waals surface area contributed by atoms with Gasteiger partial charge in [0.25, 0.3) is 0 Å². The Kier molecular flexibility index (Phi) is 13.3. The van der Waals surface area contributed by atoms with E-state index in [9.17, 15) is 4.79 Å². The highest BCUT2D eigenvalue weighted by molar-refractivity contribution is 8.15. The normalized spacial score (nSPS) is 24.9. The Morgan fingerprint density at radius 2 is 1.06 bits per heavy atom. The molecule has 2 aliphatic carbocycles. The second-order valence-corrected chi connectivity index (χ2v) is 21.1. The Morgan fingerprint density at radius 1 is 0.645 bits per heavy atom. The van der Waals surface area contributed by atoms with Crippen molar-refractivity contribution < 1.29 is 4.79 Å². The summed E-state index contributed by atoms with van der Waals surface area (Å²) in [6.45, 7) is 14.3. The van der Waals surface area contributed by atoms with E-state index in [1.165, 1.54) is 84.5 Å². The minimum absolute atomic E-state index is 0.0481. The number of carbonyl (C=O) groups is 1. The van der Waals surface area contributed by atoms with Crippen molar-refractivity contribution in [3.63, 3.8) is 0 Å². The largest absolute Gasteiger partial charge is 0.381 e.